The van der Waals surface area contributed by atoms with E-state index in [1.54, 1.807) is 18.6 Å². The molecule has 9 heteroatoms. The largest absolute Gasteiger partial charge is 0.339 e. The minimum absolute atomic E-state index is 0.0587. The molecule has 0 saturated carbocycles. The van der Waals surface area contributed by atoms with E-state index < -0.39 is 0 Å². The van der Waals surface area contributed by atoms with Gasteiger partial charge >= 0.3 is 6.03 Å². The molecule has 2 amide bonds. The topological polar surface area (TPSA) is 102 Å². The third-order valence-corrected chi connectivity index (χ3v) is 4.60. The molecular weight excluding hydrogens is 346 g/mol. The molecule has 0 radical (unpaired) electrons. The van der Waals surface area contributed by atoms with Crippen LogP contribution in [0.1, 0.15) is 18.7 Å². The zero-order chi connectivity index (χ0) is 18.5. The number of hydrogen-bond acceptors (Lipinski definition) is 6. The molecule has 3 aromatic rings. The lowest BCUT2D eigenvalue weighted by molar-refractivity contribution is 0.186. The third kappa shape index (κ3) is 4.13. The molecule has 1 atom stereocenters. The van der Waals surface area contributed by atoms with Gasteiger partial charge in [-0.05, 0) is 31.0 Å². The Morgan fingerprint density at radius 1 is 1.33 bits per heavy atom. The van der Waals surface area contributed by atoms with Gasteiger partial charge < -0.3 is 14.7 Å². The number of hydrogen-bond donors (Lipinski definition) is 1. The van der Waals surface area contributed by atoms with Gasteiger partial charge in [0.25, 0.3) is 0 Å². The number of carbonyl (C=O) groups excluding carboxylic acids is 1. The highest BCUT2D eigenvalue weighted by molar-refractivity contribution is 5.74. The summed E-state index contributed by atoms with van der Waals surface area (Å²) in [5.41, 5.74) is 0.801. The molecule has 0 spiro atoms. The van der Waals surface area contributed by atoms with Crippen LogP contribution in [0.15, 0.2) is 47.5 Å². The fourth-order valence-corrected chi connectivity index (χ4v) is 3.26. The molecule has 3 aromatic heterocycles. The molecule has 1 aliphatic heterocycles. The molecule has 4 heterocycles. The summed E-state index contributed by atoms with van der Waals surface area (Å²) >= 11 is 0. The summed E-state index contributed by atoms with van der Waals surface area (Å²) in [4.78, 5) is 22.8. The van der Waals surface area contributed by atoms with Gasteiger partial charge in [0.15, 0.2) is 0 Å². The highest BCUT2D eigenvalue weighted by Crippen LogP contribution is 2.19. The average Bonchev–Trinajstić information content (AvgIpc) is 3.45. The van der Waals surface area contributed by atoms with E-state index in [9.17, 15) is 4.79 Å². The molecule has 0 unspecified atom stereocenters. The lowest BCUT2D eigenvalue weighted by Crippen LogP contribution is -2.44. The Balaban J connectivity index is 1.27. The van der Waals surface area contributed by atoms with E-state index in [1.807, 2.05) is 34.0 Å². The summed E-state index contributed by atoms with van der Waals surface area (Å²) in [6, 6.07) is 5.70. The maximum Gasteiger partial charge on any atom is 0.317 e. The van der Waals surface area contributed by atoms with Gasteiger partial charge in [0.05, 0.1) is 12.6 Å². The number of likely N-dealkylation sites (tertiary alicyclic amines) is 1. The quantitative estimate of drug-likeness (QED) is 0.712. The SMILES string of the molecule is O=C(NCCc1nc(-c2cccnc2)no1)N1CCC[C@H]1Cn1cccn1. The number of amides is 2. The van der Waals surface area contributed by atoms with Crippen LogP contribution in [0.25, 0.3) is 11.4 Å². The van der Waals surface area contributed by atoms with Crippen molar-refractivity contribution in [2.45, 2.75) is 31.8 Å². The Morgan fingerprint density at radius 2 is 2.30 bits per heavy atom. The molecule has 1 aliphatic rings. The van der Waals surface area contributed by atoms with Crippen LogP contribution < -0.4 is 5.32 Å². The van der Waals surface area contributed by atoms with Crippen LogP contribution in [0.5, 0.6) is 0 Å². The van der Waals surface area contributed by atoms with Crippen molar-refractivity contribution in [3.63, 3.8) is 0 Å². The molecule has 0 aliphatic carbocycles. The molecule has 9 nitrogen and oxygen atoms in total. The summed E-state index contributed by atoms with van der Waals surface area (Å²) in [7, 11) is 0. The van der Waals surface area contributed by atoms with E-state index in [2.05, 4.69) is 25.5 Å². The molecule has 140 valence electrons. The Morgan fingerprint density at radius 3 is 3.11 bits per heavy atom. The predicted octanol–water partition coefficient (Wildman–Crippen LogP) is 1.74. The zero-order valence-electron chi connectivity index (χ0n) is 14.9. The number of carbonyl (C=O) groups is 1. The van der Waals surface area contributed by atoms with Gasteiger partial charge in [0.1, 0.15) is 0 Å². The molecule has 4 rings (SSSR count). The second kappa shape index (κ2) is 7.98. The van der Waals surface area contributed by atoms with E-state index >= 15 is 0 Å². The number of rotatable bonds is 6. The normalized spacial score (nSPS) is 16.6. The van der Waals surface area contributed by atoms with Gasteiger partial charge in [-0.15, -0.1) is 0 Å². The number of pyridine rings is 1. The van der Waals surface area contributed by atoms with Crippen molar-refractivity contribution in [3.8, 4) is 11.4 Å². The minimum atomic E-state index is -0.0587. The van der Waals surface area contributed by atoms with Crippen LogP contribution in [0.3, 0.4) is 0 Å². The summed E-state index contributed by atoms with van der Waals surface area (Å²) in [6.45, 7) is 1.93. The van der Waals surface area contributed by atoms with Crippen molar-refractivity contribution in [2.24, 2.45) is 0 Å². The zero-order valence-corrected chi connectivity index (χ0v) is 14.9. The van der Waals surface area contributed by atoms with Gasteiger partial charge in [-0.3, -0.25) is 9.67 Å². The average molecular weight is 367 g/mol. The van der Waals surface area contributed by atoms with E-state index in [1.165, 1.54) is 0 Å². The van der Waals surface area contributed by atoms with Gasteiger partial charge in [-0.1, -0.05) is 5.16 Å². The molecule has 1 fully saturated rings. The highest BCUT2D eigenvalue weighted by Gasteiger charge is 2.28. The number of nitrogens with zero attached hydrogens (tertiary/aromatic N) is 6. The molecule has 1 N–H and O–H groups in total. The van der Waals surface area contributed by atoms with Crippen LogP contribution in [0.4, 0.5) is 4.79 Å². The van der Waals surface area contributed by atoms with Gasteiger partial charge in [-0.2, -0.15) is 10.1 Å². The maximum atomic E-state index is 12.5. The van der Waals surface area contributed by atoms with Crippen LogP contribution in [-0.2, 0) is 13.0 Å². The molecule has 0 bridgehead atoms. The van der Waals surface area contributed by atoms with Crippen LogP contribution in [-0.4, -0.2) is 55.0 Å². The van der Waals surface area contributed by atoms with Crippen LogP contribution in [0.2, 0.25) is 0 Å². The van der Waals surface area contributed by atoms with Crippen molar-refractivity contribution in [3.05, 3.63) is 48.9 Å². The van der Waals surface area contributed by atoms with Crippen molar-refractivity contribution in [1.82, 2.24) is 35.1 Å². The summed E-state index contributed by atoms with van der Waals surface area (Å²) in [6.07, 6.45) is 9.54. The van der Waals surface area contributed by atoms with E-state index in [-0.39, 0.29) is 12.1 Å². The van der Waals surface area contributed by atoms with Crippen molar-refractivity contribution >= 4 is 6.03 Å². The molecule has 27 heavy (non-hydrogen) atoms. The maximum absolute atomic E-state index is 12.5. The first kappa shape index (κ1) is 17.2. The molecule has 0 aromatic carbocycles. The van der Waals surface area contributed by atoms with E-state index in [4.69, 9.17) is 4.52 Å². The van der Waals surface area contributed by atoms with Crippen molar-refractivity contribution in [2.75, 3.05) is 13.1 Å². The Hall–Kier alpha value is -3.23. The standard InChI is InChI=1S/C18H21N7O2/c26-18(25-11-2-5-15(25)13-24-10-3-8-21-24)20-9-6-16-22-17(23-27-16)14-4-1-7-19-12-14/h1,3-4,7-8,10,12,15H,2,5-6,9,11,13H2,(H,20,26)/t15-/m0/s1. The highest BCUT2D eigenvalue weighted by atomic mass is 16.5. The number of aromatic nitrogens is 5. The monoisotopic (exact) mass is 367 g/mol. The fraction of sp³-hybridized carbons (Fsp3) is 0.389. The predicted molar refractivity (Wildman–Crippen MR) is 96.6 cm³/mol. The Labute approximate surface area is 156 Å². The number of urea groups is 1. The van der Waals surface area contributed by atoms with Gasteiger partial charge in [-0.25, -0.2) is 4.79 Å². The molecular formula is C18H21N7O2. The third-order valence-electron chi connectivity index (χ3n) is 4.60. The second-order valence-corrected chi connectivity index (χ2v) is 6.45. The van der Waals surface area contributed by atoms with Gasteiger partial charge in [0, 0.05) is 49.9 Å². The molecule has 1 saturated heterocycles. The Kier molecular flexibility index (Phi) is 5.08. The Bertz CT molecular complexity index is 863. The van der Waals surface area contributed by atoms with Gasteiger partial charge in [0.2, 0.25) is 11.7 Å². The van der Waals surface area contributed by atoms with E-state index in [0.29, 0.717) is 24.7 Å². The smallest absolute Gasteiger partial charge is 0.317 e. The summed E-state index contributed by atoms with van der Waals surface area (Å²) in [5.74, 6) is 0.993. The number of nitrogens with one attached hydrogen (secondary N) is 1. The fourth-order valence-electron chi connectivity index (χ4n) is 3.26. The van der Waals surface area contributed by atoms with Crippen molar-refractivity contribution < 1.29 is 9.32 Å². The first-order valence-corrected chi connectivity index (χ1v) is 9.04. The summed E-state index contributed by atoms with van der Waals surface area (Å²) < 4.78 is 7.12. The lowest BCUT2D eigenvalue weighted by atomic mass is 10.2. The van der Waals surface area contributed by atoms with Crippen molar-refractivity contribution in [1.29, 1.82) is 0 Å². The minimum Gasteiger partial charge on any atom is -0.339 e. The first-order valence-electron chi connectivity index (χ1n) is 9.04. The second-order valence-electron chi connectivity index (χ2n) is 6.45. The van der Waals surface area contributed by atoms with E-state index in [0.717, 1.165) is 31.5 Å². The summed E-state index contributed by atoms with van der Waals surface area (Å²) in [5, 5.41) is 11.1. The van der Waals surface area contributed by atoms with Crippen LogP contribution >= 0.6 is 0 Å². The van der Waals surface area contributed by atoms with Crippen LogP contribution in [0, 0.1) is 0 Å². The first-order chi connectivity index (χ1) is 13.3. The lowest BCUT2D eigenvalue weighted by Gasteiger charge is -2.24.